The average molecular weight is 1050 g/mol. The Balaban J connectivity index is 0.824. The molecule has 0 fully saturated rings. The number of fused-ring (bicyclic) bond motifs is 15. The van der Waals surface area contributed by atoms with E-state index in [1.54, 1.807) is 0 Å². The number of hydrogen-bond donors (Lipinski definition) is 0. The minimum absolute atomic E-state index is 0.775. The molecule has 0 aliphatic heterocycles. The fourth-order valence-electron chi connectivity index (χ4n) is 12.9. The summed E-state index contributed by atoms with van der Waals surface area (Å²) < 4.78 is 27.7. The summed E-state index contributed by atoms with van der Waals surface area (Å²) in [5.41, 5.74) is 19.3. The summed E-state index contributed by atoms with van der Waals surface area (Å²) in [7, 11) is 0. The van der Waals surface area contributed by atoms with Gasteiger partial charge in [-0.15, -0.1) is 0 Å². The molecule has 0 atom stereocenters. The Morgan fingerprint density at radius 1 is 0.268 bits per heavy atom. The molecule has 6 heteroatoms. The number of para-hydroxylation sites is 4. The predicted octanol–water partition coefficient (Wildman–Crippen LogP) is 22.5. The van der Waals surface area contributed by atoms with Crippen molar-refractivity contribution in [2.24, 2.45) is 0 Å². The topological polar surface area (TPSA) is 59.0 Å². The van der Waals surface area contributed by atoms with E-state index < -0.39 is 0 Å². The highest BCUT2D eigenvalue weighted by Gasteiger charge is 2.28. The van der Waals surface area contributed by atoms with Gasteiger partial charge < -0.3 is 27.5 Å². The Labute approximate surface area is 470 Å². The maximum atomic E-state index is 7.07. The maximum Gasteiger partial charge on any atom is 0.160 e. The lowest BCUT2D eigenvalue weighted by Gasteiger charge is -2.29. The molecule has 17 rings (SSSR count). The number of anilines is 6. The molecule has 0 aliphatic carbocycles. The third-order valence-corrected chi connectivity index (χ3v) is 16.8. The molecule has 13 aromatic carbocycles. The second-order valence-corrected chi connectivity index (χ2v) is 21.6. The van der Waals surface area contributed by atoms with Crippen LogP contribution in [0.15, 0.2) is 272 Å². The van der Waals surface area contributed by atoms with Gasteiger partial charge >= 0.3 is 0 Å². The standard InChI is InChI=1S/C76H48N2O4/c1-45-17-9-13-25-64(45)77(72-55(47-19-5-3-6-20-47)33-35-59-57-23-11-15-27-66(57)80-75(59)72)53-31-29-49-41-62-61-37-38-68-71(74(61)82-69(62)43-51(49)39-53)63-42-50-30-32-54(40-52(50)44-70(63)79-68)78(65-26-14-10-18-46(65)2)73-56(48-21-7-4-8-22-48)34-36-60-58-24-12-16-28-67(58)81-76(60)73/h3-44H,1-2H3. The second-order valence-electron chi connectivity index (χ2n) is 21.6. The van der Waals surface area contributed by atoms with Gasteiger partial charge in [0.15, 0.2) is 11.2 Å². The van der Waals surface area contributed by atoms with Crippen molar-refractivity contribution in [3.8, 4) is 22.3 Å². The van der Waals surface area contributed by atoms with Gasteiger partial charge in [-0.05, 0) is 155 Å². The van der Waals surface area contributed by atoms with Crippen LogP contribution in [0.5, 0.6) is 0 Å². The van der Waals surface area contributed by atoms with Gasteiger partial charge in [0, 0.05) is 71.6 Å². The number of furan rings is 4. The molecule has 0 radical (unpaired) electrons. The van der Waals surface area contributed by atoms with Crippen molar-refractivity contribution < 1.29 is 17.7 Å². The summed E-state index contributed by atoms with van der Waals surface area (Å²) >= 11 is 0. The van der Waals surface area contributed by atoms with Crippen LogP contribution in [0, 0.1) is 13.8 Å². The van der Waals surface area contributed by atoms with Crippen molar-refractivity contribution in [3.63, 3.8) is 0 Å². The number of hydrogen-bond acceptors (Lipinski definition) is 6. The van der Waals surface area contributed by atoms with Crippen LogP contribution in [0.25, 0.3) is 132 Å². The van der Waals surface area contributed by atoms with E-state index in [4.69, 9.17) is 17.7 Å². The second kappa shape index (κ2) is 17.8. The van der Waals surface area contributed by atoms with Crippen LogP contribution >= 0.6 is 0 Å². The van der Waals surface area contributed by atoms with Crippen molar-refractivity contribution in [2.45, 2.75) is 13.8 Å². The smallest absolute Gasteiger partial charge is 0.160 e. The van der Waals surface area contributed by atoms with Crippen LogP contribution in [0.2, 0.25) is 0 Å². The van der Waals surface area contributed by atoms with Gasteiger partial charge in [0.2, 0.25) is 0 Å². The molecule has 0 bridgehead atoms. The first kappa shape index (κ1) is 46.1. The zero-order chi connectivity index (χ0) is 54.2. The predicted molar refractivity (Wildman–Crippen MR) is 340 cm³/mol. The minimum atomic E-state index is 0.775. The van der Waals surface area contributed by atoms with E-state index in [1.165, 1.54) is 0 Å². The van der Waals surface area contributed by atoms with Gasteiger partial charge in [-0.25, -0.2) is 0 Å². The van der Waals surface area contributed by atoms with E-state index in [1.807, 2.05) is 12.1 Å². The van der Waals surface area contributed by atoms with Crippen LogP contribution in [-0.4, -0.2) is 0 Å². The Hall–Kier alpha value is -10.8. The first-order valence-corrected chi connectivity index (χ1v) is 27.9. The van der Waals surface area contributed by atoms with Crippen LogP contribution in [0.3, 0.4) is 0 Å². The largest absolute Gasteiger partial charge is 0.456 e. The van der Waals surface area contributed by atoms with E-state index in [0.29, 0.717) is 0 Å². The molecule has 0 N–H and O–H groups in total. The van der Waals surface area contributed by atoms with Gasteiger partial charge in [-0.1, -0.05) is 158 Å². The van der Waals surface area contributed by atoms with Gasteiger partial charge in [0.05, 0.1) is 16.8 Å². The lowest BCUT2D eigenvalue weighted by Crippen LogP contribution is -2.13. The van der Waals surface area contributed by atoms with Crippen LogP contribution in [0.1, 0.15) is 11.1 Å². The van der Waals surface area contributed by atoms with Crippen molar-refractivity contribution in [2.75, 3.05) is 9.80 Å². The van der Waals surface area contributed by atoms with Gasteiger partial charge in [-0.2, -0.15) is 0 Å². The highest BCUT2D eigenvalue weighted by Crippen LogP contribution is 2.52. The normalized spacial score (nSPS) is 12.0. The molecular weight excluding hydrogens is 1000 g/mol. The van der Waals surface area contributed by atoms with Crippen molar-refractivity contribution in [1.82, 2.24) is 0 Å². The number of rotatable bonds is 8. The summed E-state index contributed by atoms with van der Waals surface area (Å²) in [6.07, 6.45) is 0. The molecule has 0 unspecified atom stereocenters. The highest BCUT2D eigenvalue weighted by molar-refractivity contribution is 6.25. The Morgan fingerprint density at radius 3 is 1.24 bits per heavy atom. The summed E-state index contributed by atoms with van der Waals surface area (Å²) in [6, 6.07) is 90.6. The molecule has 0 amide bonds. The Kier molecular flexibility index (Phi) is 10.0. The molecule has 4 heterocycles. The van der Waals surface area contributed by atoms with E-state index in [0.717, 1.165) is 177 Å². The Morgan fingerprint density at radius 2 is 0.707 bits per heavy atom. The molecular formula is C76H48N2O4. The summed E-state index contributed by atoms with van der Waals surface area (Å²) in [5.74, 6) is 0. The van der Waals surface area contributed by atoms with Gasteiger partial charge in [0.1, 0.15) is 33.5 Å². The SMILES string of the molecule is Cc1ccccc1N(c1ccc2cc3c(cc2c1)oc1c3ccc2oc3cc4cc(N(c5ccccc5C)c5c(-c6ccccc6)ccc6c5oc5ccccc56)ccc4cc3c21)c1c(-c2ccccc2)ccc2c1oc1ccccc12. The quantitative estimate of drug-likeness (QED) is 0.151. The zero-order valence-corrected chi connectivity index (χ0v) is 44.8. The molecule has 0 aliphatic rings. The van der Waals surface area contributed by atoms with E-state index in [-0.39, 0.29) is 0 Å². The first-order valence-electron chi connectivity index (χ1n) is 27.9. The fraction of sp³-hybridized carbons (Fsp3) is 0.0263. The summed E-state index contributed by atoms with van der Waals surface area (Å²) in [5, 5.41) is 12.7. The third kappa shape index (κ3) is 7.01. The molecule has 82 heavy (non-hydrogen) atoms. The average Bonchev–Trinajstić information content (AvgIpc) is 4.20. The fourth-order valence-corrected chi connectivity index (χ4v) is 12.9. The molecule has 0 saturated carbocycles. The van der Waals surface area contributed by atoms with Crippen LogP contribution in [0.4, 0.5) is 34.1 Å². The van der Waals surface area contributed by atoms with Gasteiger partial charge in [-0.3, -0.25) is 0 Å². The zero-order valence-electron chi connectivity index (χ0n) is 44.8. The molecule has 6 nitrogen and oxygen atoms in total. The number of aryl methyl sites for hydroxylation is 2. The van der Waals surface area contributed by atoms with Crippen molar-refractivity contribution in [1.29, 1.82) is 0 Å². The van der Waals surface area contributed by atoms with E-state index in [9.17, 15) is 0 Å². The maximum absolute atomic E-state index is 7.07. The van der Waals surface area contributed by atoms with E-state index >= 15 is 0 Å². The third-order valence-electron chi connectivity index (χ3n) is 16.8. The van der Waals surface area contributed by atoms with Crippen LogP contribution < -0.4 is 9.80 Å². The van der Waals surface area contributed by atoms with Crippen molar-refractivity contribution in [3.05, 3.63) is 266 Å². The Bertz CT molecular complexity index is 5450. The molecule has 0 saturated heterocycles. The van der Waals surface area contributed by atoms with Crippen LogP contribution in [-0.2, 0) is 0 Å². The minimum Gasteiger partial charge on any atom is -0.456 e. The molecule has 0 spiro atoms. The summed E-state index contributed by atoms with van der Waals surface area (Å²) in [6.45, 7) is 4.35. The first-order chi connectivity index (χ1) is 40.5. The molecule has 17 aromatic rings. The summed E-state index contributed by atoms with van der Waals surface area (Å²) in [4.78, 5) is 4.75. The van der Waals surface area contributed by atoms with E-state index in [2.05, 4.69) is 266 Å². The number of nitrogens with zero attached hydrogens (tertiary/aromatic N) is 2. The van der Waals surface area contributed by atoms with Gasteiger partial charge in [0.25, 0.3) is 0 Å². The molecule has 386 valence electrons. The lowest BCUT2D eigenvalue weighted by atomic mass is 9.98. The monoisotopic (exact) mass is 1050 g/mol. The molecule has 4 aromatic heterocycles. The number of benzene rings is 13. The lowest BCUT2D eigenvalue weighted by molar-refractivity contribution is 0.663. The highest BCUT2D eigenvalue weighted by atomic mass is 16.3. The van der Waals surface area contributed by atoms with Crippen molar-refractivity contribution >= 4 is 143 Å².